The molecule has 0 spiro atoms. The zero-order valence-electron chi connectivity index (χ0n) is 18.8. The van der Waals surface area contributed by atoms with E-state index in [0.717, 1.165) is 36.2 Å². The minimum Gasteiger partial charge on any atom is -0.360 e. The Bertz CT molecular complexity index is 866. The molecule has 4 heteroatoms. The van der Waals surface area contributed by atoms with Crippen LogP contribution in [-0.2, 0) is 6.42 Å². The van der Waals surface area contributed by atoms with E-state index in [4.69, 9.17) is 0 Å². The molecule has 1 aliphatic heterocycles. The van der Waals surface area contributed by atoms with E-state index in [1.807, 2.05) is 24.1 Å². The summed E-state index contributed by atoms with van der Waals surface area (Å²) in [5.41, 5.74) is 4.01. The van der Waals surface area contributed by atoms with Crippen LogP contribution in [0.5, 0.6) is 0 Å². The number of fused-ring (bicyclic) bond motifs is 1. The number of benzene rings is 2. The molecule has 4 rings (SSSR count). The minimum atomic E-state index is -0.277. The first kappa shape index (κ1) is 20.8. The number of hydrogen-bond acceptors (Lipinski definition) is 3. The van der Waals surface area contributed by atoms with Crippen molar-refractivity contribution in [3.05, 3.63) is 59.7 Å². The first-order valence-corrected chi connectivity index (χ1v) is 11.3. The van der Waals surface area contributed by atoms with Crippen LogP contribution in [0.4, 0.5) is 11.4 Å². The molecule has 0 unspecified atom stereocenters. The predicted molar refractivity (Wildman–Crippen MR) is 125 cm³/mol. The molecule has 1 amide bonds. The van der Waals surface area contributed by atoms with E-state index < -0.39 is 0 Å². The molecule has 1 heterocycles. The minimum absolute atomic E-state index is 0.0122. The van der Waals surface area contributed by atoms with Crippen molar-refractivity contribution in [2.24, 2.45) is 5.41 Å². The fraction of sp³-hybridized carbons (Fsp3) is 0.500. The largest absolute Gasteiger partial charge is 0.360 e. The summed E-state index contributed by atoms with van der Waals surface area (Å²) in [7, 11) is 1.96. The molecule has 0 aromatic heterocycles. The number of carbonyl (C=O) groups is 1. The zero-order valence-corrected chi connectivity index (χ0v) is 18.8. The molecule has 2 N–H and O–H groups in total. The third kappa shape index (κ3) is 3.92. The summed E-state index contributed by atoms with van der Waals surface area (Å²) in [5, 5.41) is 7.50. The monoisotopic (exact) mass is 405 g/mol. The van der Waals surface area contributed by atoms with Gasteiger partial charge in [-0.3, -0.25) is 4.79 Å². The molecule has 4 nitrogen and oxygen atoms in total. The molecule has 0 saturated heterocycles. The van der Waals surface area contributed by atoms with Gasteiger partial charge >= 0.3 is 0 Å². The van der Waals surface area contributed by atoms with Gasteiger partial charge in [0.2, 0.25) is 0 Å². The molecular formula is C26H35N3O. The van der Waals surface area contributed by atoms with E-state index in [1.165, 1.54) is 24.8 Å². The fourth-order valence-corrected chi connectivity index (χ4v) is 4.83. The average molecular weight is 406 g/mol. The van der Waals surface area contributed by atoms with Crippen LogP contribution in [0.1, 0.15) is 68.8 Å². The number of nitrogens with zero attached hydrogens (tertiary/aromatic N) is 1. The number of amides is 1. The molecular weight excluding hydrogens is 370 g/mol. The molecule has 2 aromatic rings. The molecule has 1 aliphatic carbocycles. The standard InChI is InChI=1S/C26H35N3O/c1-25(2,3)26(27-22-12-8-9-13-23(22)28-26)18-19-14-16-20(17-15-19)24(30)29(4)21-10-6-5-7-11-21/h8-9,12-17,21,27-28H,5-7,10-11,18H2,1-4H3. The second-order valence-corrected chi connectivity index (χ2v) is 10.0. The van der Waals surface area contributed by atoms with Crippen LogP contribution in [0.2, 0.25) is 0 Å². The molecule has 1 fully saturated rings. The first-order chi connectivity index (χ1) is 14.3. The summed E-state index contributed by atoms with van der Waals surface area (Å²) in [6.07, 6.45) is 6.86. The van der Waals surface area contributed by atoms with Gasteiger partial charge < -0.3 is 15.5 Å². The Morgan fingerprint density at radius 3 is 2.07 bits per heavy atom. The molecule has 2 aliphatic rings. The second kappa shape index (κ2) is 7.98. The Morgan fingerprint density at radius 2 is 1.53 bits per heavy atom. The lowest BCUT2D eigenvalue weighted by Gasteiger charge is -2.43. The number of rotatable bonds is 4. The summed E-state index contributed by atoms with van der Waals surface area (Å²) < 4.78 is 0. The summed E-state index contributed by atoms with van der Waals surface area (Å²) in [6.45, 7) is 6.78. The van der Waals surface area contributed by atoms with E-state index in [0.29, 0.717) is 6.04 Å². The van der Waals surface area contributed by atoms with Gasteiger partial charge in [0.15, 0.2) is 0 Å². The smallest absolute Gasteiger partial charge is 0.253 e. The summed E-state index contributed by atoms with van der Waals surface area (Å²) in [6, 6.07) is 17.0. The van der Waals surface area contributed by atoms with Crippen molar-refractivity contribution in [1.82, 2.24) is 4.90 Å². The quantitative estimate of drug-likeness (QED) is 0.664. The topological polar surface area (TPSA) is 44.4 Å². The van der Waals surface area contributed by atoms with Crippen LogP contribution in [0, 0.1) is 5.41 Å². The van der Waals surface area contributed by atoms with Gasteiger partial charge in [0.05, 0.1) is 11.4 Å². The van der Waals surface area contributed by atoms with Crippen molar-refractivity contribution in [2.75, 3.05) is 17.7 Å². The number of nitrogens with one attached hydrogen (secondary N) is 2. The van der Waals surface area contributed by atoms with E-state index in [9.17, 15) is 4.79 Å². The molecule has 160 valence electrons. The molecule has 0 bridgehead atoms. The van der Waals surface area contributed by atoms with Crippen LogP contribution in [-0.4, -0.2) is 29.6 Å². The second-order valence-electron chi connectivity index (χ2n) is 10.0. The Labute approximate surface area is 181 Å². The van der Waals surface area contributed by atoms with Gasteiger partial charge in [-0.1, -0.05) is 64.3 Å². The summed E-state index contributed by atoms with van der Waals surface area (Å²) >= 11 is 0. The lowest BCUT2D eigenvalue weighted by molar-refractivity contribution is 0.0696. The summed E-state index contributed by atoms with van der Waals surface area (Å²) in [4.78, 5) is 14.9. The van der Waals surface area contributed by atoms with Crippen LogP contribution in [0.15, 0.2) is 48.5 Å². The van der Waals surface area contributed by atoms with Crippen LogP contribution in [0.3, 0.4) is 0 Å². The lowest BCUT2D eigenvalue weighted by atomic mass is 9.77. The zero-order chi connectivity index (χ0) is 21.4. The van der Waals surface area contributed by atoms with Crippen LogP contribution >= 0.6 is 0 Å². The van der Waals surface area contributed by atoms with Crippen molar-refractivity contribution in [3.63, 3.8) is 0 Å². The van der Waals surface area contributed by atoms with Gasteiger partial charge in [-0.15, -0.1) is 0 Å². The Kier molecular flexibility index (Phi) is 5.52. The number of hydrogen-bond donors (Lipinski definition) is 2. The van der Waals surface area contributed by atoms with Gasteiger partial charge in [0.1, 0.15) is 5.66 Å². The van der Waals surface area contributed by atoms with Crippen molar-refractivity contribution in [3.8, 4) is 0 Å². The SMILES string of the molecule is CN(C(=O)c1ccc(CC2(C(C)(C)C)Nc3ccccc3N2)cc1)C1CCCCC1. The van der Waals surface area contributed by atoms with Crippen LogP contribution < -0.4 is 10.6 Å². The number of anilines is 2. The molecule has 0 atom stereocenters. The van der Waals surface area contributed by atoms with Crippen molar-refractivity contribution in [2.45, 2.75) is 71.0 Å². The molecule has 2 aromatic carbocycles. The fourth-order valence-electron chi connectivity index (χ4n) is 4.83. The van der Waals surface area contributed by atoms with Gasteiger partial charge in [0, 0.05) is 30.5 Å². The van der Waals surface area contributed by atoms with Gasteiger partial charge in [-0.05, 0) is 42.7 Å². The molecule has 1 saturated carbocycles. The normalized spacial score (nSPS) is 18.3. The number of para-hydroxylation sites is 2. The van der Waals surface area contributed by atoms with E-state index >= 15 is 0 Å². The average Bonchev–Trinajstić information content (AvgIpc) is 3.13. The Hall–Kier alpha value is -2.49. The highest BCUT2D eigenvalue weighted by Gasteiger charge is 2.46. The first-order valence-electron chi connectivity index (χ1n) is 11.3. The maximum atomic E-state index is 13.0. The van der Waals surface area contributed by atoms with Gasteiger partial charge in [-0.25, -0.2) is 0 Å². The highest BCUT2D eigenvalue weighted by molar-refractivity contribution is 5.94. The van der Waals surface area contributed by atoms with Gasteiger partial charge in [0.25, 0.3) is 5.91 Å². The highest BCUT2D eigenvalue weighted by Crippen LogP contribution is 2.44. The van der Waals surface area contributed by atoms with Crippen molar-refractivity contribution in [1.29, 1.82) is 0 Å². The number of carbonyl (C=O) groups excluding carboxylic acids is 1. The molecule has 30 heavy (non-hydrogen) atoms. The highest BCUT2D eigenvalue weighted by atomic mass is 16.2. The third-order valence-electron chi connectivity index (χ3n) is 7.02. The van der Waals surface area contributed by atoms with Crippen molar-refractivity contribution >= 4 is 17.3 Å². The van der Waals surface area contributed by atoms with Crippen LogP contribution in [0.25, 0.3) is 0 Å². The third-order valence-corrected chi connectivity index (χ3v) is 7.02. The Morgan fingerprint density at radius 1 is 0.967 bits per heavy atom. The van der Waals surface area contributed by atoms with Gasteiger partial charge in [-0.2, -0.15) is 0 Å². The summed E-state index contributed by atoms with van der Waals surface area (Å²) in [5.74, 6) is 0.142. The predicted octanol–water partition coefficient (Wildman–Crippen LogP) is 5.91. The Balaban J connectivity index is 1.50. The van der Waals surface area contributed by atoms with E-state index in [-0.39, 0.29) is 17.0 Å². The van der Waals surface area contributed by atoms with E-state index in [1.54, 1.807) is 0 Å². The lowest BCUT2D eigenvalue weighted by Crippen LogP contribution is -2.54. The van der Waals surface area contributed by atoms with Crippen molar-refractivity contribution < 1.29 is 4.79 Å². The van der Waals surface area contributed by atoms with E-state index in [2.05, 4.69) is 67.8 Å². The molecule has 0 radical (unpaired) electrons. The maximum absolute atomic E-state index is 13.0. The maximum Gasteiger partial charge on any atom is 0.253 e.